The van der Waals surface area contributed by atoms with Gasteiger partial charge in [0.2, 0.25) is 0 Å². The highest BCUT2D eigenvalue weighted by Crippen LogP contribution is 2.48. The fourth-order valence-corrected chi connectivity index (χ4v) is 19.4. The molecule has 22 rings (SSSR count). The molecule has 0 aliphatic carbocycles. The second-order valence-corrected chi connectivity index (χ2v) is 35.6. The number of hydrogen-bond donors (Lipinski definition) is 0. The van der Waals surface area contributed by atoms with Gasteiger partial charge in [-0.2, -0.15) is 0 Å². The molecule has 666 valence electrons. The van der Waals surface area contributed by atoms with E-state index >= 15 is 0 Å². The fraction of sp³-hybridized carbons (Fsp3) is 0.0308. The smallest absolute Gasteiger partial charge is 0.123 e. The lowest BCUT2D eigenvalue weighted by molar-refractivity contribution is 0.627. The summed E-state index contributed by atoms with van der Waals surface area (Å²) < 4.78 is 56.0. The van der Waals surface area contributed by atoms with E-state index in [1.54, 1.807) is 48.5 Å². The Balaban J connectivity index is 0.592. The first-order chi connectivity index (χ1) is 68.6. The van der Waals surface area contributed by atoms with Crippen molar-refractivity contribution in [3.8, 4) is 234 Å². The molecule has 16 aromatic carbocycles. The lowest BCUT2D eigenvalue weighted by Crippen LogP contribution is -1.94. The number of halogens is 4. The van der Waals surface area contributed by atoms with Crippen molar-refractivity contribution in [1.29, 1.82) is 0 Å². The van der Waals surface area contributed by atoms with Gasteiger partial charge in [0, 0.05) is 92.8 Å². The van der Waals surface area contributed by atoms with Crippen LogP contribution in [0, 0.1) is 51.0 Å². The van der Waals surface area contributed by atoms with Gasteiger partial charge in [0.1, 0.15) is 23.3 Å². The summed E-state index contributed by atoms with van der Waals surface area (Å²) >= 11 is 0. The maximum absolute atomic E-state index is 14.0. The molecule has 0 saturated carbocycles. The third-order valence-corrected chi connectivity index (χ3v) is 26.7. The minimum absolute atomic E-state index is 0.275. The topological polar surface area (TPSA) is 77.3 Å². The lowest BCUT2D eigenvalue weighted by Gasteiger charge is -2.18. The summed E-state index contributed by atoms with van der Waals surface area (Å²) in [4.78, 5) is 30.2. The van der Waals surface area contributed by atoms with Crippen molar-refractivity contribution in [1.82, 2.24) is 29.9 Å². The van der Waals surface area contributed by atoms with Crippen molar-refractivity contribution < 1.29 is 17.6 Å². The van der Waals surface area contributed by atoms with Crippen LogP contribution in [0.1, 0.15) is 22.3 Å². The van der Waals surface area contributed by atoms with Gasteiger partial charge in [-0.25, -0.2) is 17.6 Å². The molecule has 6 heterocycles. The van der Waals surface area contributed by atoms with Gasteiger partial charge in [0.25, 0.3) is 0 Å². The molecule has 0 spiro atoms. The van der Waals surface area contributed by atoms with Gasteiger partial charge in [0.05, 0.1) is 34.2 Å². The third-order valence-electron chi connectivity index (χ3n) is 26.7. The van der Waals surface area contributed by atoms with Crippen LogP contribution in [-0.2, 0) is 0 Å². The van der Waals surface area contributed by atoms with Crippen LogP contribution in [0.25, 0.3) is 234 Å². The van der Waals surface area contributed by atoms with E-state index in [0.29, 0.717) is 0 Å². The first kappa shape index (κ1) is 87.5. The quantitative estimate of drug-likeness (QED) is 0.0667. The van der Waals surface area contributed by atoms with Gasteiger partial charge in [-0.05, 0) is 316 Å². The van der Waals surface area contributed by atoms with Crippen LogP contribution in [0.15, 0.2) is 462 Å². The highest BCUT2D eigenvalue weighted by Gasteiger charge is 2.23. The Labute approximate surface area is 811 Å². The van der Waals surface area contributed by atoms with Crippen LogP contribution in [-0.4, -0.2) is 29.9 Å². The van der Waals surface area contributed by atoms with Crippen molar-refractivity contribution in [2.24, 2.45) is 0 Å². The summed E-state index contributed by atoms with van der Waals surface area (Å²) in [6.45, 7) is 8.27. The molecule has 0 radical (unpaired) electrons. The van der Waals surface area contributed by atoms with E-state index in [4.69, 9.17) is 29.9 Å². The summed E-state index contributed by atoms with van der Waals surface area (Å²) in [5.41, 5.74) is 45.4. The predicted octanol–water partition coefficient (Wildman–Crippen LogP) is 34.9. The standard InChI is InChI=1S/C130H88F4N6/c1-81-65-127(137-77-121(81)89-45-55-105(131)56-46-89)93-37-29-85(30-38-93)109-17-5-11-23-115(109)99-69-100(116-24-12-6-18-110(116)86-31-39-94(40-32-86)128-66-82(2)122(78-138-128)90-47-57-106(132)58-48-90)72-103(71-99)119-27-15-9-21-113(119)97-53-63-125(135-75-97)126-64-54-98(76-136-126)114-22-10-16-28-120(114)104-73-101(117-25-13-7-19-111(117)87-33-41-95(42-34-87)129-67-83(3)123(79-139-129)91-49-59-107(133)60-50-91)70-102(74-104)118-26-14-8-20-112(118)88-35-43-96(44-36-88)130-68-84(4)124(80-140-130)92-51-61-108(134)62-52-92/h5-80H,1-4H3. The van der Waals surface area contributed by atoms with Crippen molar-refractivity contribution in [2.45, 2.75) is 27.7 Å². The summed E-state index contributed by atoms with van der Waals surface area (Å²) in [7, 11) is 0. The molecule has 0 saturated heterocycles. The zero-order valence-corrected chi connectivity index (χ0v) is 77.1. The van der Waals surface area contributed by atoms with Gasteiger partial charge in [-0.3, -0.25) is 29.9 Å². The molecular formula is C130H88F4N6. The molecule has 0 N–H and O–H groups in total. The number of benzene rings is 16. The Morgan fingerprint density at radius 3 is 0.436 bits per heavy atom. The highest BCUT2D eigenvalue weighted by atomic mass is 19.1. The average molecular weight is 1810 g/mol. The molecule has 6 nitrogen and oxygen atoms in total. The lowest BCUT2D eigenvalue weighted by atomic mass is 9.86. The van der Waals surface area contributed by atoms with E-state index in [0.717, 1.165) is 257 Å². The molecule has 0 amide bonds. The Hall–Kier alpha value is -17.9. The molecule has 10 heteroatoms. The maximum Gasteiger partial charge on any atom is 0.123 e. The van der Waals surface area contributed by atoms with E-state index in [2.05, 4.69) is 355 Å². The average Bonchev–Trinajstić information content (AvgIpc) is 0.761. The molecule has 0 unspecified atom stereocenters. The minimum Gasteiger partial charge on any atom is -0.256 e. The molecular weight excluding hydrogens is 1720 g/mol. The summed E-state index contributed by atoms with van der Waals surface area (Å²) in [6, 6.07) is 143. The molecule has 140 heavy (non-hydrogen) atoms. The Morgan fingerprint density at radius 2 is 0.264 bits per heavy atom. The van der Waals surface area contributed by atoms with Crippen LogP contribution in [0.5, 0.6) is 0 Å². The molecule has 0 atom stereocenters. The molecule has 0 fully saturated rings. The van der Waals surface area contributed by atoms with Crippen molar-refractivity contribution >= 4 is 0 Å². The van der Waals surface area contributed by atoms with Gasteiger partial charge >= 0.3 is 0 Å². The Morgan fingerprint density at radius 1 is 0.121 bits per heavy atom. The Bertz CT molecular complexity index is 7520. The zero-order chi connectivity index (χ0) is 94.9. The number of pyridine rings is 6. The number of aryl methyl sites for hydroxylation is 4. The first-order valence-electron chi connectivity index (χ1n) is 46.8. The van der Waals surface area contributed by atoms with E-state index in [1.165, 1.54) is 48.5 Å². The normalized spacial score (nSPS) is 11.3. The van der Waals surface area contributed by atoms with Crippen LogP contribution < -0.4 is 0 Å². The van der Waals surface area contributed by atoms with Crippen LogP contribution >= 0.6 is 0 Å². The van der Waals surface area contributed by atoms with Crippen molar-refractivity contribution in [3.63, 3.8) is 0 Å². The van der Waals surface area contributed by atoms with Gasteiger partial charge < -0.3 is 0 Å². The third kappa shape index (κ3) is 18.0. The zero-order valence-electron chi connectivity index (χ0n) is 77.1. The van der Waals surface area contributed by atoms with Crippen LogP contribution in [0.2, 0.25) is 0 Å². The molecule has 6 aromatic heterocycles. The van der Waals surface area contributed by atoms with E-state index in [9.17, 15) is 17.6 Å². The second kappa shape index (κ2) is 38.1. The molecule has 0 aliphatic rings. The van der Waals surface area contributed by atoms with Gasteiger partial charge in [-0.15, -0.1) is 0 Å². The largest absolute Gasteiger partial charge is 0.256 e. The van der Waals surface area contributed by atoms with Crippen molar-refractivity contribution in [2.75, 3.05) is 0 Å². The minimum atomic E-state index is -0.275. The van der Waals surface area contributed by atoms with Gasteiger partial charge in [-0.1, -0.05) is 303 Å². The molecule has 22 aromatic rings. The summed E-state index contributed by atoms with van der Waals surface area (Å²) in [5.74, 6) is -1.10. The molecule has 0 bridgehead atoms. The van der Waals surface area contributed by atoms with E-state index in [-0.39, 0.29) is 23.3 Å². The Kier molecular flexibility index (Phi) is 23.8. The van der Waals surface area contributed by atoms with Crippen LogP contribution in [0.3, 0.4) is 0 Å². The highest BCUT2D eigenvalue weighted by molar-refractivity contribution is 5.98. The maximum atomic E-state index is 14.0. The van der Waals surface area contributed by atoms with E-state index < -0.39 is 0 Å². The fourth-order valence-electron chi connectivity index (χ4n) is 19.4. The summed E-state index contributed by atoms with van der Waals surface area (Å²) in [6.07, 6.45) is 11.4. The number of aromatic nitrogens is 6. The number of hydrogen-bond acceptors (Lipinski definition) is 6. The number of nitrogens with zero attached hydrogens (tertiary/aromatic N) is 6. The molecule has 0 aliphatic heterocycles. The summed E-state index contributed by atoms with van der Waals surface area (Å²) in [5, 5.41) is 0. The van der Waals surface area contributed by atoms with E-state index in [1.807, 2.05) is 37.2 Å². The predicted molar refractivity (Wildman–Crippen MR) is 566 cm³/mol. The first-order valence-corrected chi connectivity index (χ1v) is 46.8. The monoisotopic (exact) mass is 1810 g/mol. The number of rotatable bonds is 21. The second-order valence-electron chi connectivity index (χ2n) is 35.6. The van der Waals surface area contributed by atoms with Crippen LogP contribution in [0.4, 0.5) is 17.6 Å². The van der Waals surface area contributed by atoms with Gasteiger partial charge in [0.15, 0.2) is 0 Å². The SMILES string of the molecule is Cc1cc(-c2ccc(-c3ccccc3-c3cc(-c4ccccc4-c4ccc(-c5cc(C)c(-c6ccc(F)cc6)cn5)cc4)cc(-c4ccccc4-c4ccc(-c5ccc(-c6ccccc6-c6cc(-c7ccccc7-c7ccc(-c8cc(C)c(-c9ccc(F)cc9)cn8)cc7)cc(-c7ccccc7-c7ccc(-c8cc(C)c(-c9ccc(F)cc9)cn8)cc7)c6)cn5)nc4)c3)cc2)ncc1-c1ccc(F)cc1. The van der Waals surface area contributed by atoms with Crippen molar-refractivity contribution in [3.05, 3.63) is 507 Å².